The van der Waals surface area contributed by atoms with Crippen LogP contribution in [0.3, 0.4) is 0 Å². The number of amides is 1. The molecule has 30 heavy (non-hydrogen) atoms. The molecule has 4 rings (SSSR count). The minimum atomic E-state index is -0.141. The van der Waals surface area contributed by atoms with Gasteiger partial charge in [-0.25, -0.2) is 0 Å². The van der Waals surface area contributed by atoms with Gasteiger partial charge in [0.1, 0.15) is 5.82 Å². The summed E-state index contributed by atoms with van der Waals surface area (Å²) in [6.45, 7) is 7.52. The van der Waals surface area contributed by atoms with E-state index in [-0.39, 0.29) is 17.9 Å². The summed E-state index contributed by atoms with van der Waals surface area (Å²) in [6, 6.07) is 7.90. The van der Waals surface area contributed by atoms with Gasteiger partial charge in [0.15, 0.2) is 5.82 Å². The van der Waals surface area contributed by atoms with Crippen molar-refractivity contribution in [2.75, 3.05) is 33.2 Å². The largest absolute Gasteiger partial charge is 0.346 e. The molecule has 0 spiro atoms. The van der Waals surface area contributed by atoms with Crippen LogP contribution >= 0.6 is 11.6 Å². The normalized spacial score (nSPS) is 19.8. The third-order valence-electron chi connectivity index (χ3n) is 6.28. The third kappa shape index (κ3) is 5.02. The van der Waals surface area contributed by atoms with Crippen LogP contribution in [-0.4, -0.2) is 63.7 Å². The Kier molecular flexibility index (Phi) is 6.71. The number of fused-ring (bicyclic) bond motifs is 1. The van der Waals surface area contributed by atoms with Crippen molar-refractivity contribution in [3.05, 3.63) is 46.5 Å². The Hall–Kier alpha value is -1.96. The highest BCUT2D eigenvalue weighted by Gasteiger charge is 2.27. The van der Waals surface area contributed by atoms with E-state index in [0.717, 1.165) is 75.2 Å². The lowest BCUT2D eigenvalue weighted by atomic mass is 9.96. The Labute approximate surface area is 183 Å². The molecule has 0 bridgehead atoms. The van der Waals surface area contributed by atoms with Crippen molar-refractivity contribution < 1.29 is 4.79 Å². The molecule has 2 aliphatic rings. The van der Waals surface area contributed by atoms with Crippen LogP contribution in [0.25, 0.3) is 0 Å². The molecule has 1 N–H and O–H groups in total. The average Bonchev–Trinajstić information content (AvgIpc) is 3.03. The Bertz CT molecular complexity index is 876. The summed E-state index contributed by atoms with van der Waals surface area (Å²) in [5.74, 6) is 2.10. The first-order chi connectivity index (χ1) is 14.5. The van der Waals surface area contributed by atoms with E-state index in [1.54, 1.807) is 0 Å². The maximum absolute atomic E-state index is 12.7. The number of piperidine rings is 1. The Balaban J connectivity index is 1.37. The first-order valence-corrected chi connectivity index (χ1v) is 11.2. The van der Waals surface area contributed by atoms with Gasteiger partial charge in [-0.1, -0.05) is 23.7 Å². The van der Waals surface area contributed by atoms with Gasteiger partial charge < -0.3 is 14.8 Å². The van der Waals surface area contributed by atoms with Crippen LogP contribution in [0, 0.1) is 5.92 Å². The van der Waals surface area contributed by atoms with Crippen LogP contribution in [0.5, 0.6) is 0 Å². The molecule has 7 nitrogen and oxygen atoms in total. The lowest BCUT2D eigenvalue weighted by Gasteiger charge is -2.29. The number of benzene rings is 1. The Morgan fingerprint density at radius 3 is 2.77 bits per heavy atom. The molecule has 2 aliphatic heterocycles. The summed E-state index contributed by atoms with van der Waals surface area (Å²) >= 11 is 6.13. The third-order valence-corrected chi connectivity index (χ3v) is 6.51. The summed E-state index contributed by atoms with van der Waals surface area (Å²) in [6.07, 6.45) is 2.69. The Morgan fingerprint density at radius 1 is 1.20 bits per heavy atom. The quantitative estimate of drug-likeness (QED) is 0.789. The van der Waals surface area contributed by atoms with E-state index in [0.29, 0.717) is 0 Å². The molecule has 2 aromatic rings. The van der Waals surface area contributed by atoms with E-state index in [1.807, 2.05) is 25.1 Å². The highest BCUT2D eigenvalue weighted by atomic mass is 35.5. The number of carbonyl (C=O) groups excluding carboxylic acids is 1. The fourth-order valence-corrected chi connectivity index (χ4v) is 4.64. The molecule has 1 fully saturated rings. The summed E-state index contributed by atoms with van der Waals surface area (Å²) in [5.41, 5.74) is 1.22. The number of nitrogens with one attached hydrogen (secondary N) is 1. The van der Waals surface area contributed by atoms with Gasteiger partial charge in [-0.2, -0.15) is 0 Å². The van der Waals surface area contributed by atoms with Crippen LogP contribution < -0.4 is 5.32 Å². The minimum absolute atomic E-state index is 0.100. The molecule has 1 saturated heterocycles. The fourth-order valence-electron chi connectivity index (χ4n) is 4.43. The number of nitrogens with zero attached hydrogens (tertiary/aromatic N) is 5. The predicted octanol–water partition coefficient (Wildman–Crippen LogP) is 2.51. The van der Waals surface area contributed by atoms with Crippen molar-refractivity contribution in [1.82, 2.24) is 29.9 Å². The molecule has 0 saturated carbocycles. The van der Waals surface area contributed by atoms with Crippen LogP contribution in [0.1, 0.15) is 43.0 Å². The summed E-state index contributed by atoms with van der Waals surface area (Å²) in [7, 11) is 2.11. The summed E-state index contributed by atoms with van der Waals surface area (Å²) in [4.78, 5) is 17.4. The molecule has 1 amide bonds. The highest BCUT2D eigenvalue weighted by Crippen LogP contribution is 2.20. The van der Waals surface area contributed by atoms with Gasteiger partial charge in [-0.05, 0) is 57.6 Å². The van der Waals surface area contributed by atoms with Gasteiger partial charge in [0, 0.05) is 43.5 Å². The first-order valence-electron chi connectivity index (χ1n) is 10.9. The van der Waals surface area contributed by atoms with E-state index in [4.69, 9.17) is 11.6 Å². The van der Waals surface area contributed by atoms with Crippen molar-refractivity contribution >= 4 is 17.5 Å². The standard InChI is InChI=1S/C22H31ClN6O/c1-16(24-22(30)18-6-9-27(2)10-7-18)21-26-25-20-8-11-28(12-13-29(20)21)15-17-4-3-5-19(23)14-17/h3-5,14,16,18H,6-13,15H2,1-2H3,(H,24,30). The number of hydrogen-bond donors (Lipinski definition) is 1. The molecule has 1 unspecified atom stereocenters. The molecule has 1 aromatic heterocycles. The van der Waals surface area contributed by atoms with Crippen molar-refractivity contribution in [3.8, 4) is 0 Å². The second-order valence-corrected chi connectivity index (χ2v) is 9.03. The number of hydrogen-bond acceptors (Lipinski definition) is 5. The van der Waals surface area contributed by atoms with Gasteiger partial charge in [-0.15, -0.1) is 10.2 Å². The van der Waals surface area contributed by atoms with E-state index < -0.39 is 0 Å². The van der Waals surface area contributed by atoms with Gasteiger partial charge in [0.25, 0.3) is 0 Å². The second kappa shape index (κ2) is 9.45. The van der Waals surface area contributed by atoms with E-state index in [1.165, 1.54) is 5.56 Å². The topological polar surface area (TPSA) is 66.3 Å². The van der Waals surface area contributed by atoms with Gasteiger partial charge in [0.2, 0.25) is 5.91 Å². The maximum atomic E-state index is 12.7. The number of aromatic nitrogens is 3. The maximum Gasteiger partial charge on any atom is 0.223 e. The van der Waals surface area contributed by atoms with Gasteiger partial charge >= 0.3 is 0 Å². The first kappa shape index (κ1) is 21.3. The van der Waals surface area contributed by atoms with Crippen molar-refractivity contribution in [3.63, 3.8) is 0 Å². The predicted molar refractivity (Wildman–Crippen MR) is 117 cm³/mol. The van der Waals surface area contributed by atoms with Gasteiger partial charge in [0.05, 0.1) is 6.04 Å². The monoisotopic (exact) mass is 430 g/mol. The molecular weight excluding hydrogens is 400 g/mol. The lowest BCUT2D eigenvalue weighted by Crippen LogP contribution is -2.40. The van der Waals surface area contributed by atoms with Crippen LogP contribution in [-0.2, 0) is 24.3 Å². The summed E-state index contributed by atoms with van der Waals surface area (Å²) in [5, 5.41) is 12.8. The zero-order valence-electron chi connectivity index (χ0n) is 17.9. The van der Waals surface area contributed by atoms with Crippen molar-refractivity contribution in [2.45, 2.75) is 45.3 Å². The molecule has 3 heterocycles. The van der Waals surface area contributed by atoms with E-state index >= 15 is 0 Å². The number of rotatable bonds is 5. The smallest absolute Gasteiger partial charge is 0.223 e. The number of likely N-dealkylation sites (tertiary alicyclic amines) is 1. The molecule has 1 aromatic carbocycles. The molecule has 162 valence electrons. The average molecular weight is 431 g/mol. The van der Waals surface area contributed by atoms with E-state index in [9.17, 15) is 4.79 Å². The number of halogens is 1. The van der Waals surface area contributed by atoms with Crippen LogP contribution in [0.15, 0.2) is 24.3 Å². The van der Waals surface area contributed by atoms with Crippen LogP contribution in [0.2, 0.25) is 5.02 Å². The molecule has 1 atom stereocenters. The zero-order chi connectivity index (χ0) is 21.1. The second-order valence-electron chi connectivity index (χ2n) is 8.59. The lowest BCUT2D eigenvalue weighted by molar-refractivity contribution is -0.127. The summed E-state index contributed by atoms with van der Waals surface area (Å²) < 4.78 is 2.19. The molecule has 0 radical (unpaired) electrons. The van der Waals surface area contributed by atoms with Crippen molar-refractivity contribution in [2.24, 2.45) is 5.92 Å². The molecular formula is C22H31ClN6O. The highest BCUT2D eigenvalue weighted by molar-refractivity contribution is 6.30. The minimum Gasteiger partial charge on any atom is -0.346 e. The van der Waals surface area contributed by atoms with Crippen molar-refractivity contribution in [1.29, 1.82) is 0 Å². The Morgan fingerprint density at radius 2 is 2.00 bits per heavy atom. The van der Waals surface area contributed by atoms with Gasteiger partial charge in [-0.3, -0.25) is 9.69 Å². The molecule has 8 heteroatoms. The SMILES string of the molecule is CC(NC(=O)C1CCN(C)CC1)c1nnc2n1CCN(Cc1cccc(Cl)c1)CC2. The van der Waals surface area contributed by atoms with E-state index in [2.05, 4.69) is 43.0 Å². The van der Waals surface area contributed by atoms with Crippen LogP contribution in [0.4, 0.5) is 0 Å². The number of carbonyl (C=O) groups is 1. The molecule has 0 aliphatic carbocycles. The fraction of sp³-hybridized carbons (Fsp3) is 0.591. The zero-order valence-corrected chi connectivity index (χ0v) is 18.6.